The number of nitrogens with two attached hydrogens (primary N) is 2. The Morgan fingerprint density at radius 3 is 2.16 bits per heavy atom. The number of ether oxygens (including phenoxy) is 3. The second-order valence-electron chi connectivity index (χ2n) is 5.15. The third-order valence-electron chi connectivity index (χ3n) is 3.59. The summed E-state index contributed by atoms with van der Waals surface area (Å²) in [5.41, 5.74) is 13.8. The maximum absolute atomic E-state index is 5.92. The van der Waals surface area contributed by atoms with Gasteiger partial charge in [0.1, 0.15) is 5.82 Å². The Morgan fingerprint density at radius 1 is 1.00 bits per heavy atom. The van der Waals surface area contributed by atoms with Crippen LogP contribution in [0, 0.1) is 11.8 Å². The van der Waals surface area contributed by atoms with E-state index >= 15 is 0 Å². The van der Waals surface area contributed by atoms with E-state index in [2.05, 4.69) is 21.8 Å². The van der Waals surface area contributed by atoms with Gasteiger partial charge in [0.15, 0.2) is 11.5 Å². The van der Waals surface area contributed by atoms with Crippen molar-refractivity contribution in [2.45, 2.75) is 19.8 Å². The van der Waals surface area contributed by atoms with Crippen LogP contribution in [0.15, 0.2) is 12.1 Å². The zero-order valence-electron chi connectivity index (χ0n) is 14.8. The largest absolute Gasteiger partial charge is 0.493 e. The van der Waals surface area contributed by atoms with E-state index in [9.17, 15) is 0 Å². The fraction of sp³-hybridized carbons (Fsp3) is 0.333. The van der Waals surface area contributed by atoms with Crippen molar-refractivity contribution in [2.75, 3.05) is 32.8 Å². The van der Waals surface area contributed by atoms with Crippen molar-refractivity contribution in [3.8, 4) is 29.1 Å². The molecule has 1 heterocycles. The first-order valence-electron chi connectivity index (χ1n) is 7.73. The van der Waals surface area contributed by atoms with Crippen LogP contribution in [0.5, 0.6) is 17.2 Å². The number of anilines is 2. The van der Waals surface area contributed by atoms with Crippen LogP contribution in [-0.4, -0.2) is 31.3 Å². The van der Waals surface area contributed by atoms with Crippen LogP contribution in [0.4, 0.5) is 11.8 Å². The van der Waals surface area contributed by atoms with Gasteiger partial charge in [-0.15, -0.1) is 0 Å². The molecule has 0 saturated carbocycles. The van der Waals surface area contributed by atoms with Crippen LogP contribution < -0.4 is 25.7 Å². The van der Waals surface area contributed by atoms with Gasteiger partial charge in [0.25, 0.3) is 0 Å². The van der Waals surface area contributed by atoms with Crippen LogP contribution in [0.2, 0.25) is 0 Å². The molecule has 132 valence electrons. The zero-order valence-corrected chi connectivity index (χ0v) is 14.8. The average Bonchev–Trinajstić information content (AvgIpc) is 2.61. The standard InChI is InChI=1S/C18H22N4O3/c1-5-13-12(17(19)22-18(20)21-13)8-6-7-11-9-14(23-2)16(25-4)15(10-11)24-3/h9-10H,5,7H2,1-4H3,(H4,19,20,21,22). The highest BCUT2D eigenvalue weighted by Gasteiger charge is 2.12. The summed E-state index contributed by atoms with van der Waals surface area (Å²) in [5.74, 6) is 8.30. The summed E-state index contributed by atoms with van der Waals surface area (Å²) in [6.07, 6.45) is 1.15. The molecule has 0 bridgehead atoms. The molecular weight excluding hydrogens is 320 g/mol. The molecular formula is C18H22N4O3. The average molecular weight is 342 g/mol. The van der Waals surface area contributed by atoms with Gasteiger partial charge in [-0.2, -0.15) is 4.98 Å². The molecule has 25 heavy (non-hydrogen) atoms. The third-order valence-corrected chi connectivity index (χ3v) is 3.59. The van der Waals surface area contributed by atoms with Gasteiger partial charge in [0.05, 0.1) is 32.6 Å². The fourth-order valence-corrected chi connectivity index (χ4v) is 2.41. The molecule has 0 amide bonds. The molecule has 0 aliphatic carbocycles. The Bertz CT molecular complexity index is 800. The van der Waals surface area contributed by atoms with E-state index in [1.807, 2.05) is 19.1 Å². The number of aryl methyl sites for hydroxylation is 1. The molecule has 0 atom stereocenters. The van der Waals surface area contributed by atoms with Crippen molar-refractivity contribution < 1.29 is 14.2 Å². The molecule has 0 unspecified atom stereocenters. The summed E-state index contributed by atoms with van der Waals surface area (Å²) >= 11 is 0. The molecule has 0 saturated heterocycles. The molecule has 0 spiro atoms. The Morgan fingerprint density at radius 2 is 1.64 bits per heavy atom. The number of nitrogen functional groups attached to an aromatic ring is 2. The topological polar surface area (TPSA) is 106 Å². The van der Waals surface area contributed by atoms with Gasteiger partial charge in [-0.25, -0.2) is 4.98 Å². The molecule has 0 aliphatic heterocycles. The number of hydrogen-bond acceptors (Lipinski definition) is 7. The zero-order chi connectivity index (χ0) is 18.4. The molecule has 2 rings (SSSR count). The van der Waals surface area contributed by atoms with Crippen molar-refractivity contribution in [1.82, 2.24) is 9.97 Å². The monoisotopic (exact) mass is 342 g/mol. The summed E-state index contributed by atoms with van der Waals surface area (Å²) in [5, 5.41) is 0. The predicted molar refractivity (Wildman–Crippen MR) is 96.9 cm³/mol. The summed E-state index contributed by atoms with van der Waals surface area (Å²) in [6, 6.07) is 3.72. The fourth-order valence-electron chi connectivity index (χ4n) is 2.41. The molecule has 2 aromatic rings. The quantitative estimate of drug-likeness (QED) is 0.798. The van der Waals surface area contributed by atoms with E-state index in [1.54, 1.807) is 21.3 Å². The van der Waals surface area contributed by atoms with Crippen molar-refractivity contribution in [2.24, 2.45) is 0 Å². The van der Waals surface area contributed by atoms with Gasteiger partial charge in [-0.05, 0) is 24.1 Å². The normalized spacial score (nSPS) is 9.92. The molecule has 7 heteroatoms. The lowest BCUT2D eigenvalue weighted by Crippen LogP contribution is -2.06. The van der Waals surface area contributed by atoms with Gasteiger partial charge >= 0.3 is 0 Å². The molecule has 7 nitrogen and oxygen atoms in total. The molecule has 1 aromatic carbocycles. The first-order valence-corrected chi connectivity index (χ1v) is 7.73. The molecule has 0 fully saturated rings. The van der Waals surface area contributed by atoms with Gasteiger partial charge in [0, 0.05) is 6.42 Å². The van der Waals surface area contributed by atoms with Crippen molar-refractivity contribution >= 4 is 11.8 Å². The Balaban J connectivity index is 2.34. The number of aromatic nitrogens is 2. The SMILES string of the molecule is CCc1nc(N)nc(N)c1C#CCc1cc(OC)c(OC)c(OC)c1. The van der Waals surface area contributed by atoms with E-state index in [0.717, 1.165) is 11.3 Å². The van der Waals surface area contributed by atoms with Gasteiger partial charge in [-0.1, -0.05) is 18.8 Å². The lowest BCUT2D eigenvalue weighted by atomic mass is 10.1. The van der Waals surface area contributed by atoms with Crippen LogP contribution in [-0.2, 0) is 12.8 Å². The molecule has 0 aliphatic rings. The summed E-state index contributed by atoms with van der Waals surface area (Å²) in [6.45, 7) is 1.96. The highest BCUT2D eigenvalue weighted by molar-refractivity contribution is 5.57. The second kappa shape index (κ2) is 8.11. The van der Waals surface area contributed by atoms with Crippen LogP contribution in [0.3, 0.4) is 0 Å². The maximum atomic E-state index is 5.92. The highest BCUT2D eigenvalue weighted by atomic mass is 16.5. The van der Waals surface area contributed by atoms with Gasteiger partial charge in [-0.3, -0.25) is 0 Å². The van der Waals surface area contributed by atoms with E-state index in [4.69, 9.17) is 25.7 Å². The highest BCUT2D eigenvalue weighted by Crippen LogP contribution is 2.38. The van der Waals surface area contributed by atoms with Crippen LogP contribution in [0.25, 0.3) is 0 Å². The summed E-state index contributed by atoms with van der Waals surface area (Å²) in [4.78, 5) is 8.15. The minimum Gasteiger partial charge on any atom is -0.493 e. The van der Waals surface area contributed by atoms with E-state index in [0.29, 0.717) is 41.5 Å². The van der Waals surface area contributed by atoms with Crippen molar-refractivity contribution in [3.05, 3.63) is 29.0 Å². The van der Waals surface area contributed by atoms with Gasteiger partial charge < -0.3 is 25.7 Å². The van der Waals surface area contributed by atoms with Crippen molar-refractivity contribution in [1.29, 1.82) is 0 Å². The smallest absolute Gasteiger partial charge is 0.222 e. The first kappa shape index (κ1) is 18.2. The minimum absolute atomic E-state index is 0.157. The summed E-state index contributed by atoms with van der Waals surface area (Å²) in [7, 11) is 4.72. The van der Waals surface area contributed by atoms with Crippen LogP contribution in [0.1, 0.15) is 23.7 Å². The minimum atomic E-state index is 0.157. The number of nitrogens with zero attached hydrogens (tertiary/aromatic N) is 2. The number of benzene rings is 1. The Kier molecular flexibility index (Phi) is 5.90. The first-order chi connectivity index (χ1) is 12.0. The van der Waals surface area contributed by atoms with E-state index < -0.39 is 0 Å². The number of rotatable bonds is 5. The van der Waals surface area contributed by atoms with E-state index in [1.165, 1.54) is 0 Å². The second-order valence-corrected chi connectivity index (χ2v) is 5.15. The number of methoxy groups -OCH3 is 3. The van der Waals surface area contributed by atoms with Crippen LogP contribution >= 0.6 is 0 Å². The van der Waals surface area contributed by atoms with Crippen molar-refractivity contribution in [3.63, 3.8) is 0 Å². The molecule has 4 N–H and O–H groups in total. The third kappa shape index (κ3) is 4.04. The lowest BCUT2D eigenvalue weighted by Gasteiger charge is -2.13. The Labute approximate surface area is 147 Å². The molecule has 0 radical (unpaired) electrons. The predicted octanol–water partition coefficient (Wildman–Crippen LogP) is 1.82. The Hall–Kier alpha value is -3.14. The summed E-state index contributed by atoms with van der Waals surface area (Å²) < 4.78 is 16.0. The lowest BCUT2D eigenvalue weighted by molar-refractivity contribution is 0.324. The van der Waals surface area contributed by atoms with E-state index in [-0.39, 0.29) is 5.95 Å². The number of hydrogen-bond donors (Lipinski definition) is 2. The van der Waals surface area contributed by atoms with Gasteiger partial charge in [0.2, 0.25) is 11.7 Å². The maximum Gasteiger partial charge on any atom is 0.222 e. The molecule has 1 aromatic heterocycles.